The Bertz CT molecular complexity index is 1490. The topological polar surface area (TPSA) is 107 Å². The highest BCUT2D eigenvalue weighted by Gasteiger charge is 2.16. The van der Waals surface area contributed by atoms with Gasteiger partial charge in [0.1, 0.15) is 0 Å². The Hall–Kier alpha value is -4.67. The number of benzene rings is 2. The molecule has 10 nitrogen and oxygen atoms in total. The molecule has 0 saturated carbocycles. The van der Waals surface area contributed by atoms with Crippen molar-refractivity contribution in [3.63, 3.8) is 0 Å². The number of aryl methyl sites for hydroxylation is 1. The Morgan fingerprint density at radius 2 is 1.67 bits per heavy atom. The van der Waals surface area contributed by atoms with E-state index < -0.39 is 0 Å². The van der Waals surface area contributed by atoms with Gasteiger partial charge in [-0.1, -0.05) is 18.2 Å². The summed E-state index contributed by atoms with van der Waals surface area (Å²) in [5.41, 5.74) is 5.56. The molecule has 0 atom stereocenters. The van der Waals surface area contributed by atoms with Crippen molar-refractivity contribution in [2.45, 2.75) is 13.5 Å². The minimum absolute atomic E-state index is 0.0710. The van der Waals surface area contributed by atoms with Crippen molar-refractivity contribution >= 4 is 29.1 Å². The Morgan fingerprint density at radius 3 is 2.36 bits per heavy atom. The maximum absolute atomic E-state index is 13.1. The number of nitrogens with one attached hydrogen (secondary N) is 2. The third kappa shape index (κ3) is 8.66. The number of aromatic nitrogens is 3. The average molecular weight is 567 g/mol. The van der Waals surface area contributed by atoms with Gasteiger partial charge in [0, 0.05) is 60.7 Å². The highest BCUT2D eigenvalue weighted by Crippen LogP contribution is 2.24. The molecule has 2 heterocycles. The summed E-state index contributed by atoms with van der Waals surface area (Å²) >= 11 is 0. The second-order valence-corrected chi connectivity index (χ2v) is 10.7. The molecule has 0 spiro atoms. The highest BCUT2D eigenvalue weighted by molar-refractivity contribution is 6.04. The fourth-order valence-corrected chi connectivity index (χ4v) is 4.22. The van der Waals surface area contributed by atoms with Crippen LogP contribution < -0.4 is 10.6 Å². The summed E-state index contributed by atoms with van der Waals surface area (Å²) in [7, 11) is 7.75. The van der Waals surface area contributed by atoms with Crippen molar-refractivity contribution in [3.05, 3.63) is 95.9 Å². The summed E-state index contributed by atoms with van der Waals surface area (Å²) in [4.78, 5) is 44.8. The molecular weight excluding hydrogens is 528 g/mol. The molecule has 0 bridgehead atoms. The van der Waals surface area contributed by atoms with Gasteiger partial charge < -0.3 is 25.3 Å². The summed E-state index contributed by atoms with van der Waals surface area (Å²) < 4.78 is 0. The lowest BCUT2D eigenvalue weighted by Gasteiger charge is -2.26. The van der Waals surface area contributed by atoms with E-state index in [2.05, 4.69) is 30.5 Å². The van der Waals surface area contributed by atoms with Gasteiger partial charge in [-0.15, -0.1) is 0 Å². The maximum atomic E-state index is 13.1. The second kappa shape index (κ2) is 14.3. The number of hydrogen-bond donors (Lipinski definition) is 2. The molecule has 2 aromatic carbocycles. The van der Waals surface area contributed by atoms with E-state index in [1.54, 1.807) is 30.7 Å². The number of anilines is 3. The summed E-state index contributed by atoms with van der Waals surface area (Å²) in [6.45, 7) is 4.21. The van der Waals surface area contributed by atoms with Crippen LogP contribution in [-0.4, -0.2) is 89.3 Å². The molecule has 2 N–H and O–H groups in total. The maximum Gasteiger partial charge on any atom is 0.255 e. The molecule has 42 heavy (non-hydrogen) atoms. The van der Waals surface area contributed by atoms with E-state index in [1.165, 1.54) is 0 Å². The molecule has 0 fully saturated rings. The molecule has 0 saturated heterocycles. The zero-order valence-electron chi connectivity index (χ0n) is 24.8. The minimum atomic E-state index is -0.223. The van der Waals surface area contributed by atoms with Gasteiger partial charge in [-0.2, -0.15) is 0 Å². The Kier molecular flexibility index (Phi) is 10.3. The monoisotopic (exact) mass is 566 g/mol. The smallest absolute Gasteiger partial charge is 0.255 e. The Morgan fingerprint density at radius 1 is 0.881 bits per heavy atom. The fraction of sp³-hybridized carbons (Fsp3) is 0.281. The summed E-state index contributed by atoms with van der Waals surface area (Å²) in [5, 5.41) is 6.25. The molecule has 2 amide bonds. The second-order valence-electron chi connectivity index (χ2n) is 10.7. The molecule has 2 aromatic heterocycles. The first-order valence-corrected chi connectivity index (χ1v) is 13.8. The van der Waals surface area contributed by atoms with Crippen molar-refractivity contribution in [2.24, 2.45) is 0 Å². The number of carbonyl (C=O) groups excluding carboxylic acids is 2. The van der Waals surface area contributed by atoms with Crippen LogP contribution in [0.4, 0.5) is 17.3 Å². The number of rotatable bonds is 12. The van der Waals surface area contributed by atoms with Gasteiger partial charge >= 0.3 is 0 Å². The lowest BCUT2D eigenvalue weighted by atomic mass is 10.1. The van der Waals surface area contributed by atoms with Gasteiger partial charge in [-0.05, 0) is 88.7 Å². The summed E-state index contributed by atoms with van der Waals surface area (Å²) in [6.07, 6.45) is 5.17. The molecule has 4 aromatic rings. The zero-order chi connectivity index (χ0) is 30.1. The van der Waals surface area contributed by atoms with E-state index in [-0.39, 0.29) is 11.8 Å². The number of amides is 2. The van der Waals surface area contributed by atoms with Crippen molar-refractivity contribution in [1.82, 2.24) is 29.7 Å². The van der Waals surface area contributed by atoms with E-state index in [4.69, 9.17) is 0 Å². The third-order valence-corrected chi connectivity index (χ3v) is 6.57. The van der Waals surface area contributed by atoms with Crippen LogP contribution in [0.5, 0.6) is 0 Å². The molecule has 218 valence electrons. The number of likely N-dealkylation sites (N-methyl/N-ethyl adjacent to an activating group) is 2. The summed E-state index contributed by atoms with van der Waals surface area (Å²) in [6, 6.07) is 18.7. The zero-order valence-corrected chi connectivity index (χ0v) is 24.8. The SMILES string of the molecule is Cc1ccc(NC(=O)c2ccc(CN(CCN(C)C)C(=O)CN(C)C)cc2)cc1Nc1nccc(-c2cccnc2)n1. The molecular formula is C32H38N8O2. The molecule has 0 unspecified atom stereocenters. The van der Waals surface area contributed by atoms with Crippen LogP contribution in [0.1, 0.15) is 21.5 Å². The number of nitrogens with zero attached hydrogens (tertiary/aromatic N) is 6. The lowest BCUT2D eigenvalue weighted by molar-refractivity contribution is -0.132. The van der Waals surface area contributed by atoms with Crippen molar-refractivity contribution in [2.75, 3.05) is 58.5 Å². The van der Waals surface area contributed by atoms with Crippen molar-refractivity contribution < 1.29 is 9.59 Å². The van der Waals surface area contributed by atoms with Gasteiger partial charge in [0.05, 0.1) is 12.2 Å². The quantitative estimate of drug-likeness (QED) is 0.262. The molecule has 10 heteroatoms. The first kappa shape index (κ1) is 30.3. The standard InChI is InChI=1S/C32H38N8O2/c1-23-8-13-27(19-29(23)37-32-34-16-14-28(36-32)26-7-6-15-33-20-26)35-31(42)25-11-9-24(10-12-25)21-40(18-17-38(2)3)30(41)22-39(4)5/h6-16,19-20H,17-18,21-22H2,1-5H3,(H,35,42)(H,34,36,37). The predicted molar refractivity (Wildman–Crippen MR) is 167 cm³/mol. The molecule has 0 aliphatic rings. The van der Waals surface area contributed by atoms with Crippen LogP contribution in [0.25, 0.3) is 11.3 Å². The van der Waals surface area contributed by atoms with Crippen LogP contribution >= 0.6 is 0 Å². The number of pyridine rings is 1. The van der Waals surface area contributed by atoms with Gasteiger partial charge in [0.15, 0.2) is 0 Å². The first-order valence-electron chi connectivity index (χ1n) is 13.8. The summed E-state index contributed by atoms with van der Waals surface area (Å²) in [5.74, 6) is 0.295. The highest BCUT2D eigenvalue weighted by atomic mass is 16.2. The Labute approximate surface area is 247 Å². The first-order chi connectivity index (χ1) is 20.2. The van der Waals surface area contributed by atoms with Crippen LogP contribution in [0.2, 0.25) is 0 Å². The van der Waals surface area contributed by atoms with Gasteiger partial charge in [-0.25, -0.2) is 9.97 Å². The predicted octanol–water partition coefficient (Wildman–Crippen LogP) is 4.29. The Balaban J connectivity index is 1.42. The van der Waals surface area contributed by atoms with Crippen molar-refractivity contribution in [3.8, 4) is 11.3 Å². The van der Waals surface area contributed by atoms with Gasteiger partial charge in [-0.3, -0.25) is 14.6 Å². The normalized spacial score (nSPS) is 11.0. The molecule has 0 aliphatic heterocycles. The number of carbonyl (C=O) groups is 2. The largest absolute Gasteiger partial charge is 0.336 e. The molecule has 0 aliphatic carbocycles. The molecule has 4 rings (SSSR count). The van der Waals surface area contributed by atoms with E-state index in [0.29, 0.717) is 36.8 Å². The van der Waals surface area contributed by atoms with E-state index in [1.807, 2.05) is 93.4 Å². The van der Waals surface area contributed by atoms with E-state index >= 15 is 0 Å². The average Bonchev–Trinajstić information content (AvgIpc) is 2.97. The van der Waals surface area contributed by atoms with E-state index in [0.717, 1.165) is 34.6 Å². The van der Waals surface area contributed by atoms with Crippen LogP contribution in [0.3, 0.4) is 0 Å². The van der Waals surface area contributed by atoms with Crippen molar-refractivity contribution in [1.29, 1.82) is 0 Å². The van der Waals surface area contributed by atoms with E-state index in [9.17, 15) is 9.59 Å². The van der Waals surface area contributed by atoms with Gasteiger partial charge in [0.25, 0.3) is 5.91 Å². The van der Waals surface area contributed by atoms with Crippen LogP contribution in [-0.2, 0) is 11.3 Å². The lowest BCUT2D eigenvalue weighted by Crippen LogP contribution is -2.40. The molecule has 0 radical (unpaired) electrons. The van der Waals surface area contributed by atoms with Crippen LogP contribution in [0, 0.1) is 6.92 Å². The third-order valence-electron chi connectivity index (χ3n) is 6.57. The van der Waals surface area contributed by atoms with Gasteiger partial charge in [0.2, 0.25) is 11.9 Å². The number of hydrogen-bond acceptors (Lipinski definition) is 8. The fourth-order valence-electron chi connectivity index (χ4n) is 4.22. The minimum Gasteiger partial charge on any atom is -0.336 e. The van der Waals surface area contributed by atoms with Crippen LogP contribution in [0.15, 0.2) is 79.3 Å².